The van der Waals surface area contributed by atoms with Crippen molar-refractivity contribution in [2.24, 2.45) is 0 Å². The van der Waals surface area contributed by atoms with Crippen LogP contribution in [0.5, 0.6) is 0 Å². The lowest BCUT2D eigenvalue weighted by Crippen LogP contribution is -2.37. The summed E-state index contributed by atoms with van der Waals surface area (Å²) in [5.41, 5.74) is 0. The molecule has 0 aromatic carbocycles. The third-order valence-electron chi connectivity index (χ3n) is 2.74. The third kappa shape index (κ3) is 2.39. The van der Waals surface area contributed by atoms with Gasteiger partial charge in [0.15, 0.2) is 0 Å². The summed E-state index contributed by atoms with van der Waals surface area (Å²) < 4.78 is 1.13. The first kappa shape index (κ1) is 11.1. The van der Waals surface area contributed by atoms with Crippen LogP contribution in [0, 0.1) is 3.57 Å². The predicted octanol–water partition coefficient (Wildman–Crippen LogP) is 1.27. The molecule has 15 heavy (non-hydrogen) atoms. The molecule has 2 heterocycles. The summed E-state index contributed by atoms with van der Waals surface area (Å²) in [6.45, 7) is 5.35. The molecule has 2 rings (SSSR count). The summed E-state index contributed by atoms with van der Waals surface area (Å²) >= 11 is 2.30. The Labute approximate surface area is 104 Å². The Balaban J connectivity index is 2.22. The Morgan fingerprint density at radius 3 is 3.13 bits per heavy atom. The first-order chi connectivity index (χ1) is 7.33. The molecule has 1 aliphatic heterocycles. The Morgan fingerprint density at radius 1 is 1.67 bits per heavy atom. The van der Waals surface area contributed by atoms with E-state index in [2.05, 4.69) is 49.7 Å². The number of nitrogens with zero attached hydrogens (tertiary/aromatic N) is 3. The van der Waals surface area contributed by atoms with Crippen molar-refractivity contribution >= 4 is 28.4 Å². The van der Waals surface area contributed by atoms with E-state index in [0.29, 0.717) is 6.04 Å². The van der Waals surface area contributed by atoms with E-state index in [4.69, 9.17) is 0 Å². The summed E-state index contributed by atoms with van der Waals surface area (Å²) in [6.07, 6.45) is 4.70. The molecule has 1 atom stereocenters. The maximum Gasteiger partial charge on any atom is 0.145 e. The quantitative estimate of drug-likeness (QED) is 0.852. The monoisotopic (exact) mass is 318 g/mol. The molecule has 0 bridgehead atoms. The molecule has 1 unspecified atom stereocenters. The molecule has 1 N–H and O–H groups in total. The zero-order valence-electron chi connectivity index (χ0n) is 8.78. The van der Waals surface area contributed by atoms with Crippen LogP contribution in [0.4, 0.5) is 5.82 Å². The number of likely N-dealkylation sites (N-methyl/N-ethyl adjacent to an activating group) is 1. The molecule has 1 aromatic rings. The van der Waals surface area contributed by atoms with Gasteiger partial charge in [0.2, 0.25) is 0 Å². The van der Waals surface area contributed by atoms with Crippen molar-refractivity contribution in [1.29, 1.82) is 0 Å². The maximum absolute atomic E-state index is 4.37. The second-order valence-corrected chi connectivity index (χ2v) is 4.79. The molecule has 0 radical (unpaired) electrons. The van der Waals surface area contributed by atoms with Crippen molar-refractivity contribution in [3.8, 4) is 0 Å². The lowest BCUT2D eigenvalue weighted by atomic mass is 10.2. The minimum atomic E-state index is 0.582. The molecule has 1 fully saturated rings. The fourth-order valence-corrected chi connectivity index (χ4v) is 2.61. The van der Waals surface area contributed by atoms with Crippen LogP contribution in [0.15, 0.2) is 12.5 Å². The number of nitrogens with one attached hydrogen (secondary N) is 1. The molecular formula is C10H15IN4. The molecule has 0 amide bonds. The normalized spacial score (nSPS) is 20.5. The summed E-state index contributed by atoms with van der Waals surface area (Å²) in [6, 6.07) is 0.582. The number of aromatic nitrogens is 2. The molecular weight excluding hydrogens is 303 g/mol. The van der Waals surface area contributed by atoms with Gasteiger partial charge in [-0.05, 0) is 42.5 Å². The molecule has 1 aromatic heterocycles. The number of hydrogen-bond donors (Lipinski definition) is 1. The van der Waals surface area contributed by atoms with Gasteiger partial charge in [-0.3, -0.25) is 0 Å². The van der Waals surface area contributed by atoms with Gasteiger partial charge in [0, 0.05) is 25.3 Å². The molecule has 1 saturated heterocycles. The average Bonchev–Trinajstić information content (AvgIpc) is 2.75. The SMILES string of the molecule is CCN(c1ncncc1I)C1CCNC1. The minimum absolute atomic E-state index is 0.582. The second kappa shape index (κ2) is 5.07. The molecule has 5 heteroatoms. The molecule has 0 saturated carbocycles. The fraction of sp³-hybridized carbons (Fsp3) is 0.600. The van der Waals surface area contributed by atoms with Crippen molar-refractivity contribution in [2.75, 3.05) is 24.5 Å². The molecule has 1 aliphatic rings. The van der Waals surface area contributed by atoms with Gasteiger partial charge in [-0.25, -0.2) is 9.97 Å². The average molecular weight is 318 g/mol. The summed E-state index contributed by atoms with van der Waals surface area (Å²) in [4.78, 5) is 10.8. The highest BCUT2D eigenvalue weighted by Gasteiger charge is 2.23. The van der Waals surface area contributed by atoms with Crippen LogP contribution < -0.4 is 10.2 Å². The van der Waals surface area contributed by atoms with Gasteiger partial charge < -0.3 is 10.2 Å². The van der Waals surface area contributed by atoms with Crippen LogP contribution in [-0.2, 0) is 0 Å². The first-order valence-electron chi connectivity index (χ1n) is 5.25. The second-order valence-electron chi connectivity index (χ2n) is 3.63. The largest absolute Gasteiger partial charge is 0.352 e. The van der Waals surface area contributed by atoms with E-state index < -0.39 is 0 Å². The molecule has 0 spiro atoms. The predicted molar refractivity (Wildman–Crippen MR) is 69.0 cm³/mol. The van der Waals surface area contributed by atoms with Crippen LogP contribution in [0.25, 0.3) is 0 Å². The van der Waals surface area contributed by atoms with E-state index in [1.54, 1.807) is 6.33 Å². The van der Waals surface area contributed by atoms with E-state index in [1.165, 1.54) is 6.42 Å². The van der Waals surface area contributed by atoms with Gasteiger partial charge in [0.25, 0.3) is 0 Å². The number of anilines is 1. The van der Waals surface area contributed by atoms with Crippen LogP contribution >= 0.6 is 22.6 Å². The van der Waals surface area contributed by atoms with Crippen molar-refractivity contribution in [1.82, 2.24) is 15.3 Å². The van der Waals surface area contributed by atoms with Crippen LogP contribution in [-0.4, -0.2) is 35.6 Å². The van der Waals surface area contributed by atoms with Crippen molar-refractivity contribution in [2.45, 2.75) is 19.4 Å². The Kier molecular flexibility index (Phi) is 3.74. The van der Waals surface area contributed by atoms with E-state index in [0.717, 1.165) is 29.0 Å². The first-order valence-corrected chi connectivity index (χ1v) is 6.33. The highest BCUT2D eigenvalue weighted by Crippen LogP contribution is 2.22. The van der Waals surface area contributed by atoms with Crippen LogP contribution in [0.1, 0.15) is 13.3 Å². The van der Waals surface area contributed by atoms with E-state index in [9.17, 15) is 0 Å². The van der Waals surface area contributed by atoms with Gasteiger partial charge >= 0.3 is 0 Å². The zero-order valence-corrected chi connectivity index (χ0v) is 10.9. The standard InChI is InChI=1S/C10H15IN4/c1-2-15(8-3-4-12-5-8)10-9(11)6-13-7-14-10/h6-8,12H,2-5H2,1H3. The highest BCUT2D eigenvalue weighted by atomic mass is 127. The van der Waals surface area contributed by atoms with Crippen molar-refractivity contribution in [3.05, 3.63) is 16.1 Å². The van der Waals surface area contributed by atoms with Crippen molar-refractivity contribution < 1.29 is 0 Å². The van der Waals surface area contributed by atoms with Crippen LogP contribution in [0.2, 0.25) is 0 Å². The summed E-state index contributed by atoms with van der Waals surface area (Å²) in [5, 5.41) is 3.39. The smallest absolute Gasteiger partial charge is 0.145 e. The fourth-order valence-electron chi connectivity index (χ4n) is 2.00. The summed E-state index contributed by atoms with van der Waals surface area (Å²) in [5.74, 6) is 1.07. The zero-order chi connectivity index (χ0) is 10.7. The lowest BCUT2D eigenvalue weighted by molar-refractivity contribution is 0.638. The van der Waals surface area contributed by atoms with Crippen molar-refractivity contribution in [3.63, 3.8) is 0 Å². The Morgan fingerprint density at radius 2 is 2.53 bits per heavy atom. The van der Waals surface area contributed by atoms with E-state index in [-0.39, 0.29) is 0 Å². The number of hydrogen-bond acceptors (Lipinski definition) is 4. The highest BCUT2D eigenvalue weighted by molar-refractivity contribution is 14.1. The minimum Gasteiger partial charge on any atom is -0.352 e. The number of halogens is 1. The maximum atomic E-state index is 4.37. The van der Waals surface area contributed by atoms with Gasteiger partial charge in [-0.2, -0.15) is 0 Å². The van der Waals surface area contributed by atoms with E-state index >= 15 is 0 Å². The topological polar surface area (TPSA) is 41.1 Å². The van der Waals surface area contributed by atoms with Gasteiger partial charge in [0.05, 0.1) is 3.57 Å². The molecule has 0 aliphatic carbocycles. The Bertz CT molecular complexity index is 325. The van der Waals surface area contributed by atoms with Gasteiger partial charge in [-0.1, -0.05) is 0 Å². The Hall–Kier alpha value is -0.430. The van der Waals surface area contributed by atoms with Gasteiger partial charge in [0.1, 0.15) is 12.1 Å². The van der Waals surface area contributed by atoms with Crippen LogP contribution in [0.3, 0.4) is 0 Å². The lowest BCUT2D eigenvalue weighted by Gasteiger charge is -2.28. The van der Waals surface area contributed by atoms with E-state index in [1.807, 2.05) is 6.20 Å². The number of rotatable bonds is 3. The third-order valence-corrected chi connectivity index (χ3v) is 3.50. The van der Waals surface area contributed by atoms with Gasteiger partial charge in [-0.15, -0.1) is 0 Å². The molecule has 82 valence electrons. The summed E-state index contributed by atoms with van der Waals surface area (Å²) in [7, 11) is 0. The molecule has 4 nitrogen and oxygen atoms in total.